The van der Waals surface area contributed by atoms with Gasteiger partial charge in [-0.15, -0.1) is 0 Å². The molecule has 5 heteroatoms. The topological polar surface area (TPSA) is 58.2 Å². The van der Waals surface area contributed by atoms with Gasteiger partial charge in [0, 0.05) is 12.6 Å². The zero-order valence-corrected chi connectivity index (χ0v) is 12.3. The summed E-state index contributed by atoms with van der Waals surface area (Å²) >= 11 is 0. The third-order valence-electron chi connectivity index (χ3n) is 3.46. The van der Waals surface area contributed by atoms with Gasteiger partial charge in [0.05, 0.1) is 4.90 Å². The first-order chi connectivity index (χ1) is 9.03. The van der Waals surface area contributed by atoms with Gasteiger partial charge >= 0.3 is 0 Å². The van der Waals surface area contributed by atoms with Crippen LogP contribution < -0.4 is 10.0 Å². The minimum Gasteiger partial charge on any atom is -0.310 e. The van der Waals surface area contributed by atoms with Gasteiger partial charge < -0.3 is 5.32 Å². The summed E-state index contributed by atoms with van der Waals surface area (Å²) in [5.74, 6) is 0.544. The number of nitrogens with one attached hydrogen (secondary N) is 2. The van der Waals surface area contributed by atoms with E-state index in [4.69, 9.17) is 0 Å². The molecule has 2 N–H and O–H groups in total. The minimum absolute atomic E-state index is 0.237. The van der Waals surface area contributed by atoms with E-state index in [1.54, 1.807) is 12.1 Å². The highest BCUT2D eigenvalue weighted by atomic mass is 32.2. The summed E-state index contributed by atoms with van der Waals surface area (Å²) < 4.78 is 26.8. The highest BCUT2D eigenvalue weighted by Gasteiger charge is 2.24. The van der Waals surface area contributed by atoms with Crippen molar-refractivity contribution in [3.8, 4) is 0 Å². The van der Waals surface area contributed by atoms with Crippen LogP contribution in [-0.2, 0) is 10.0 Å². The van der Waals surface area contributed by atoms with E-state index >= 15 is 0 Å². The molecule has 1 atom stereocenters. The number of hydrogen-bond acceptors (Lipinski definition) is 3. The van der Waals surface area contributed by atoms with E-state index in [-0.39, 0.29) is 6.04 Å². The molecule has 1 aliphatic carbocycles. The summed E-state index contributed by atoms with van der Waals surface area (Å²) in [6.07, 6.45) is 2.28. The van der Waals surface area contributed by atoms with Crippen molar-refractivity contribution in [2.75, 3.05) is 13.1 Å². The van der Waals surface area contributed by atoms with Gasteiger partial charge in [-0.05, 0) is 49.9 Å². The average molecular weight is 282 g/mol. The summed E-state index contributed by atoms with van der Waals surface area (Å²) in [5.41, 5.74) is 1.10. The van der Waals surface area contributed by atoms with Crippen LogP contribution >= 0.6 is 0 Å². The van der Waals surface area contributed by atoms with Gasteiger partial charge in [-0.2, -0.15) is 0 Å². The molecule has 1 aromatic carbocycles. The number of rotatable bonds is 7. The first-order valence-electron chi connectivity index (χ1n) is 6.86. The van der Waals surface area contributed by atoms with E-state index in [0.29, 0.717) is 17.4 Å². The van der Waals surface area contributed by atoms with Crippen LogP contribution in [0.15, 0.2) is 29.2 Å². The fourth-order valence-electron chi connectivity index (χ4n) is 1.99. The van der Waals surface area contributed by atoms with E-state index < -0.39 is 10.0 Å². The van der Waals surface area contributed by atoms with Crippen molar-refractivity contribution >= 4 is 10.0 Å². The Labute approximate surface area is 115 Å². The van der Waals surface area contributed by atoms with Crippen molar-refractivity contribution in [1.29, 1.82) is 0 Å². The van der Waals surface area contributed by atoms with Gasteiger partial charge in [-0.1, -0.05) is 19.1 Å². The fraction of sp³-hybridized carbons (Fsp3) is 0.571. The first-order valence-corrected chi connectivity index (χ1v) is 8.34. The molecule has 1 aliphatic rings. The molecule has 1 fully saturated rings. The molecule has 0 amide bonds. The van der Waals surface area contributed by atoms with Gasteiger partial charge in [-0.25, -0.2) is 13.1 Å². The summed E-state index contributed by atoms with van der Waals surface area (Å²) in [4.78, 5) is 0.348. The van der Waals surface area contributed by atoms with E-state index in [0.717, 1.165) is 24.9 Å². The van der Waals surface area contributed by atoms with Crippen LogP contribution in [-0.4, -0.2) is 21.5 Å². The largest absolute Gasteiger partial charge is 0.310 e. The smallest absolute Gasteiger partial charge is 0.240 e. The number of sulfonamides is 1. The van der Waals surface area contributed by atoms with E-state index in [1.807, 2.05) is 12.1 Å². The quantitative estimate of drug-likeness (QED) is 0.804. The van der Waals surface area contributed by atoms with E-state index in [9.17, 15) is 8.42 Å². The molecule has 19 heavy (non-hydrogen) atoms. The third kappa shape index (κ3) is 4.03. The van der Waals surface area contributed by atoms with Crippen LogP contribution in [0.25, 0.3) is 0 Å². The average Bonchev–Trinajstić information content (AvgIpc) is 3.21. The lowest BCUT2D eigenvalue weighted by Gasteiger charge is -2.13. The van der Waals surface area contributed by atoms with Gasteiger partial charge in [0.25, 0.3) is 0 Å². The molecule has 1 aromatic rings. The molecule has 0 heterocycles. The lowest BCUT2D eigenvalue weighted by atomic mass is 10.1. The molecule has 1 unspecified atom stereocenters. The van der Waals surface area contributed by atoms with Crippen LogP contribution in [0.3, 0.4) is 0 Å². The second-order valence-corrected chi connectivity index (χ2v) is 6.91. The van der Waals surface area contributed by atoms with Gasteiger partial charge in [0.15, 0.2) is 0 Å². The Morgan fingerprint density at radius 1 is 1.26 bits per heavy atom. The Hall–Kier alpha value is -0.910. The maximum atomic E-state index is 12.0. The zero-order valence-electron chi connectivity index (χ0n) is 11.5. The van der Waals surface area contributed by atoms with E-state index in [2.05, 4.69) is 23.9 Å². The fourth-order valence-corrected chi connectivity index (χ4v) is 3.11. The molecule has 4 nitrogen and oxygen atoms in total. The Morgan fingerprint density at radius 3 is 2.42 bits per heavy atom. The number of hydrogen-bond donors (Lipinski definition) is 2. The molecule has 106 valence electrons. The predicted octanol–water partition coefficient (Wildman–Crippen LogP) is 2.05. The van der Waals surface area contributed by atoms with Crippen LogP contribution in [0.2, 0.25) is 0 Å². The summed E-state index contributed by atoms with van der Waals surface area (Å²) in [6.45, 7) is 5.58. The highest BCUT2D eigenvalue weighted by molar-refractivity contribution is 7.89. The second kappa shape index (κ2) is 6.03. The SMILES string of the molecule is CCNC(C)c1ccc(S(=O)(=O)NCC2CC2)cc1. The van der Waals surface area contributed by atoms with Gasteiger partial charge in [0.1, 0.15) is 0 Å². The number of benzene rings is 1. The van der Waals surface area contributed by atoms with Crippen molar-refractivity contribution in [1.82, 2.24) is 10.0 Å². The molecular formula is C14H22N2O2S. The van der Waals surface area contributed by atoms with Crippen LogP contribution in [0, 0.1) is 5.92 Å². The Morgan fingerprint density at radius 2 is 1.89 bits per heavy atom. The van der Waals surface area contributed by atoms with Gasteiger partial charge in [0.2, 0.25) is 10.0 Å². The van der Waals surface area contributed by atoms with Crippen LogP contribution in [0.4, 0.5) is 0 Å². The van der Waals surface area contributed by atoms with Crippen molar-refractivity contribution in [3.05, 3.63) is 29.8 Å². The highest BCUT2D eigenvalue weighted by Crippen LogP contribution is 2.28. The van der Waals surface area contributed by atoms with Crippen molar-refractivity contribution in [3.63, 3.8) is 0 Å². The van der Waals surface area contributed by atoms with Gasteiger partial charge in [-0.3, -0.25) is 0 Å². The minimum atomic E-state index is -3.34. The van der Waals surface area contributed by atoms with Crippen molar-refractivity contribution < 1.29 is 8.42 Å². The van der Waals surface area contributed by atoms with Crippen LogP contribution in [0.5, 0.6) is 0 Å². The molecule has 0 radical (unpaired) electrons. The molecule has 0 aromatic heterocycles. The molecule has 1 saturated carbocycles. The van der Waals surface area contributed by atoms with Crippen molar-refractivity contribution in [2.45, 2.75) is 37.6 Å². The van der Waals surface area contributed by atoms with E-state index in [1.165, 1.54) is 0 Å². The summed E-state index contributed by atoms with van der Waals surface area (Å²) in [5, 5.41) is 3.30. The first kappa shape index (κ1) is 14.5. The molecule has 0 saturated heterocycles. The van der Waals surface area contributed by atoms with Crippen molar-refractivity contribution in [2.24, 2.45) is 5.92 Å². The predicted molar refractivity (Wildman–Crippen MR) is 76.4 cm³/mol. The molecular weight excluding hydrogens is 260 g/mol. The summed E-state index contributed by atoms with van der Waals surface area (Å²) in [6, 6.07) is 7.34. The lowest BCUT2D eigenvalue weighted by Crippen LogP contribution is -2.26. The standard InChI is InChI=1S/C14H22N2O2S/c1-3-15-11(2)13-6-8-14(9-7-13)19(17,18)16-10-12-4-5-12/h6-9,11-12,15-16H,3-5,10H2,1-2H3. The molecule has 2 rings (SSSR count). The molecule has 0 bridgehead atoms. The summed E-state index contributed by atoms with van der Waals surface area (Å²) in [7, 11) is -3.34. The zero-order chi connectivity index (χ0) is 13.9. The maximum Gasteiger partial charge on any atom is 0.240 e. The maximum absolute atomic E-state index is 12.0. The molecule has 0 aliphatic heterocycles. The molecule has 0 spiro atoms. The second-order valence-electron chi connectivity index (χ2n) is 5.14. The Balaban J connectivity index is 2.03. The Kier molecular flexibility index (Phi) is 4.60. The lowest BCUT2D eigenvalue weighted by molar-refractivity contribution is 0.576. The normalized spacial score (nSPS) is 17.4. The van der Waals surface area contributed by atoms with Crippen LogP contribution in [0.1, 0.15) is 38.3 Å². The monoisotopic (exact) mass is 282 g/mol. The third-order valence-corrected chi connectivity index (χ3v) is 4.90. The Bertz CT molecular complexity index is 507.